The van der Waals surface area contributed by atoms with Gasteiger partial charge < -0.3 is 10.2 Å². The first-order valence-electron chi connectivity index (χ1n) is 7.60. The van der Waals surface area contributed by atoms with Gasteiger partial charge in [-0.2, -0.15) is 0 Å². The molecule has 1 N–H and O–H groups in total. The van der Waals surface area contributed by atoms with Gasteiger partial charge in [0.2, 0.25) is 0 Å². The van der Waals surface area contributed by atoms with Gasteiger partial charge in [-0.3, -0.25) is 4.79 Å². The van der Waals surface area contributed by atoms with Gasteiger partial charge in [0.25, 0.3) is 5.91 Å². The highest BCUT2D eigenvalue weighted by Gasteiger charge is 2.24. The van der Waals surface area contributed by atoms with E-state index in [1.54, 1.807) is 0 Å². The van der Waals surface area contributed by atoms with E-state index in [9.17, 15) is 4.79 Å². The molecule has 2 heterocycles. The summed E-state index contributed by atoms with van der Waals surface area (Å²) in [6.45, 7) is 4.69. The van der Waals surface area contributed by atoms with Crippen molar-refractivity contribution < 1.29 is 4.79 Å². The van der Waals surface area contributed by atoms with Crippen LogP contribution >= 0.6 is 35.9 Å². The molecule has 2 aliphatic rings. The average molecular weight is 359 g/mol. The van der Waals surface area contributed by atoms with Gasteiger partial charge in [0.15, 0.2) is 0 Å². The molecule has 6 heteroatoms. The number of carbonyl (C=O) groups excluding carboxylic acids is 1. The third-order valence-electron chi connectivity index (χ3n) is 4.02. The van der Waals surface area contributed by atoms with Gasteiger partial charge in [-0.1, -0.05) is 12.1 Å². The van der Waals surface area contributed by atoms with Gasteiger partial charge in [0.05, 0.1) is 4.58 Å². The van der Waals surface area contributed by atoms with Crippen LogP contribution < -0.4 is 5.32 Å². The van der Waals surface area contributed by atoms with Crippen LogP contribution in [0.1, 0.15) is 33.8 Å². The summed E-state index contributed by atoms with van der Waals surface area (Å²) >= 11 is 4.04. The van der Waals surface area contributed by atoms with E-state index >= 15 is 0 Å². The fourth-order valence-electron chi connectivity index (χ4n) is 2.77. The van der Waals surface area contributed by atoms with Crippen molar-refractivity contribution in [1.29, 1.82) is 0 Å². The summed E-state index contributed by atoms with van der Waals surface area (Å²) < 4.78 is 0.543. The number of nitrogens with zero attached hydrogens (tertiary/aromatic N) is 1. The standard InChI is InChI=1S/C16H22N2OS2.ClH/c1-12-11-17-7-8-18(12)15(19)13-3-5-14(6-4-13)16-20-9-2-10-21-16;/h3-6,12,16-17H,2,7-11H2,1H3;1H/t12-;/m0./s1. The summed E-state index contributed by atoms with van der Waals surface area (Å²) in [6.07, 6.45) is 1.31. The van der Waals surface area contributed by atoms with E-state index in [0.717, 1.165) is 25.2 Å². The van der Waals surface area contributed by atoms with Crippen LogP contribution in [0, 0.1) is 0 Å². The third-order valence-corrected chi connectivity index (χ3v) is 7.03. The number of halogens is 1. The van der Waals surface area contributed by atoms with Gasteiger partial charge in [-0.05, 0) is 42.5 Å². The summed E-state index contributed by atoms with van der Waals surface area (Å²) in [5.74, 6) is 2.66. The van der Waals surface area contributed by atoms with Crippen molar-refractivity contribution in [3.05, 3.63) is 35.4 Å². The zero-order chi connectivity index (χ0) is 14.7. The van der Waals surface area contributed by atoms with Gasteiger partial charge >= 0.3 is 0 Å². The smallest absolute Gasteiger partial charge is 0.254 e. The molecule has 3 rings (SSSR count). The second-order valence-corrected chi connectivity index (χ2v) is 8.33. The van der Waals surface area contributed by atoms with Crippen molar-refractivity contribution in [3.63, 3.8) is 0 Å². The molecular formula is C16H23ClN2OS2. The second kappa shape index (κ2) is 8.48. The van der Waals surface area contributed by atoms with Crippen LogP contribution in [0.3, 0.4) is 0 Å². The zero-order valence-electron chi connectivity index (χ0n) is 12.8. The summed E-state index contributed by atoms with van der Waals surface area (Å²) in [7, 11) is 0. The molecule has 2 saturated heterocycles. The number of piperazine rings is 1. The van der Waals surface area contributed by atoms with Crippen LogP contribution in [0.15, 0.2) is 24.3 Å². The van der Waals surface area contributed by atoms with Crippen LogP contribution in [0.2, 0.25) is 0 Å². The van der Waals surface area contributed by atoms with E-state index in [1.807, 2.05) is 40.6 Å². The lowest BCUT2D eigenvalue weighted by Crippen LogP contribution is -2.52. The lowest BCUT2D eigenvalue weighted by atomic mass is 10.1. The number of hydrogen-bond donors (Lipinski definition) is 1. The number of benzene rings is 1. The first kappa shape index (κ1) is 18.0. The Hall–Kier alpha value is -0.360. The quantitative estimate of drug-likeness (QED) is 0.878. The largest absolute Gasteiger partial charge is 0.333 e. The van der Waals surface area contributed by atoms with E-state index in [-0.39, 0.29) is 24.4 Å². The molecule has 3 nitrogen and oxygen atoms in total. The van der Waals surface area contributed by atoms with Crippen molar-refractivity contribution in [2.75, 3.05) is 31.1 Å². The molecule has 22 heavy (non-hydrogen) atoms. The monoisotopic (exact) mass is 358 g/mol. The number of carbonyl (C=O) groups is 1. The topological polar surface area (TPSA) is 32.3 Å². The summed E-state index contributed by atoms with van der Waals surface area (Å²) in [5, 5.41) is 3.32. The predicted octanol–water partition coefficient (Wildman–Crippen LogP) is 3.41. The maximum Gasteiger partial charge on any atom is 0.254 e. The Morgan fingerprint density at radius 1 is 1.23 bits per heavy atom. The van der Waals surface area contributed by atoms with E-state index in [4.69, 9.17) is 0 Å². The van der Waals surface area contributed by atoms with Gasteiger partial charge in [-0.15, -0.1) is 35.9 Å². The summed E-state index contributed by atoms with van der Waals surface area (Å²) in [6, 6.07) is 8.55. The molecule has 0 aliphatic carbocycles. The van der Waals surface area contributed by atoms with Gasteiger partial charge in [0.1, 0.15) is 0 Å². The van der Waals surface area contributed by atoms with Crippen LogP contribution in [-0.4, -0.2) is 48.0 Å². The Morgan fingerprint density at radius 2 is 1.91 bits per heavy atom. The Bertz CT molecular complexity index is 491. The number of hydrogen-bond acceptors (Lipinski definition) is 4. The van der Waals surface area contributed by atoms with Crippen molar-refractivity contribution in [3.8, 4) is 0 Å². The third kappa shape index (κ3) is 4.13. The molecule has 1 atom stereocenters. The molecular weight excluding hydrogens is 336 g/mol. The predicted molar refractivity (Wildman–Crippen MR) is 99.3 cm³/mol. The molecule has 1 amide bonds. The summed E-state index contributed by atoms with van der Waals surface area (Å²) in [5.41, 5.74) is 2.16. The van der Waals surface area contributed by atoms with Crippen molar-refractivity contribution in [2.45, 2.75) is 24.0 Å². The van der Waals surface area contributed by atoms with E-state index in [1.165, 1.54) is 23.5 Å². The molecule has 2 aliphatic heterocycles. The SMILES string of the molecule is C[C@H]1CNCCN1C(=O)c1ccc(C2SCCCS2)cc1.Cl. The lowest BCUT2D eigenvalue weighted by molar-refractivity contribution is 0.0656. The van der Waals surface area contributed by atoms with E-state index in [0.29, 0.717) is 4.58 Å². The lowest BCUT2D eigenvalue weighted by Gasteiger charge is -2.34. The van der Waals surface area contributed by atoms with Crippen LogP contribution in [0.4, 0.5) is 0 Å². The van der Waals surface area contributed by atoms with E-state index in [2.05, 4.69) is 24.4 Å². The average Bonchev–Trinajstić information content (AvgIpc) is 2.56. The number of nitrogens with one attached hydrogen (secondary N) is 1. The molecule has 0 spiro atoms. The molecule has 0 saturated carbocycles. The van der Waals surface area contributed by atoms with Crippen LogP contribution in [-0.2, 0) is 0 Å². The zero-order valence-corrected chi connectivity index (χ0v) is 15.2. The first-order valence-corrected chi connectivity index (χ1v) is 9.70. The minimum Gasteiger partial charge on any atom is -0.333 e. The number of amides is 1. The normalized spacial score (nSPS) is 23.0. The van der Waals surface area contributed by atoms with E-state index < -0.39 is 0 Å². The molecule has 0 bridgehead atoms. The van der Waals surface area contributed by atoms with Crippen molar-refractivity contribution in [1.82, 2.24) is 10.2 Å². The maximum absolute atomic E-state index is 12.6. The molecule has 0 radical (unpaired) electrons. The molecule has 122 valence electrons. The second-order valence-electron chi connectivity index (χ2n) is 5.60. The highest BCUT2D eigenvalue weighted by atomic mass is 35.5. The minimum atomic E-state index is 0. The minimum absolute atomic E-state index is 0. The maximum atomic E-state index is 12.6. The Labute approximate surface area is 147 Å². The van der Waals surface area contributed by atoms with Crippen LogP contribution in [0.25, 0.3) is 0 Å². The molecule has 1 aromatic carbocycles. The highest BCUT2D eigenvalue weighted by Crippen LogP contribution is 2.43. The number of thioether (sulfide) groups is 2. The molecule has 0 aromatic heterocycles. The van der Waals surface area contributed by atoms with Crippen molar-refractivity contribution in [2.24, 2.45) is 0 Å². The highest BCUT2D eigenvalue weighted by molar-refractivity contribution is 8.16. The first-order chi connectivity index (χ1) is 10.3. The van der Waals surface area contributed by atoms with Gasteiger partial charge in [-0.25, -0.2) is 0 Å². The Kier molecular flexibility index (Phi) is 6.93. The number of rotatable bonds is 2. The molecule has 0 unspecified atom stereocenters. The molecule has 1 aromatic rings. The Morgan fingerprint density at radius 3 is 2.55 bits per heavy atom. The fourth-order valence-corrected chi connectivity index (χ4v) is 5.67. The Balaban J connectivity index is 0.00000176. The summed E-state index contributed by atoms with van der Waals surface area (Å²) in [4.78, 5) is 14.6. The van der Waals surface area contributed by atoms with Gasteiger partial charge in [0, 0.05) is 31.2 Å². The molecule has 2 fully saturated rings. The van der Waals surface area contributed by atoms with Crippen LogP contribution in [0.5, 0.6) is 0 Å². The van der Waals surface area contributed by atoms with Crippen molar-refractivity contribution >= 4 is 41.8 Å². The fraction of sp³-hybridized carbons (Fsp3) is 0.562.